The highest BCUT2D eigenvalue weighted by molar-refractivity contribution is 7.99. The van der Waals surface area contributed by atoms with Crippen molar-refractivity contribution in [1.29, 1.82) is 0 Å². The zero-order valence-electron chi connectivity index (χ0n) is 16.8. The van der Waals surface area contributed by atoms with Crippen LogP contribution in [0, 0.1) is 13.8 Å². The molecule has 1 aliphatic rings. The molecule has 0 fully saturated rings. The van der Waals surface area contributed by atoms with Crippen molar-refractivity contribution in [2.24, 2.45) is 0 Å². The van der Waals surface area contributed by atoms with Gasteiger partial charge in [0.2, 0.25) is 0 Å². The molecule has 0 atom stereocenters. The smallest absolute Gasteiger partial charge is 0.284 e. The SMILES string of the molecule is Cc1cc(C(=O)CSc2nnc(-c3ccco3)o2)c(C)n1-c1ccc2c(c1)CCC2. The number of aryl methyl sites for hydroxylation is 3. The molecule has 0 aliphatic heterocycles. The van der Waals surface area contributed by atoms with E-state index in [0.29, 0.717) is 16.9 Å². The van der Waals surface area contributed by atoms with E-state index < -0.39 is 0 Å². The van der Waals surface area contributed by atoms with E-state index in [1.165, 1.54) is 29.3 Å². The predicted octanol–water partition coefficient (Wildman–Crippen LogP) is 5.20. The molecule has 0 bridgehead atoms. The van der Waals surface area contributed by atoms with Crippen LogP contribution in [0.1, 0.15) is 39.3 Å². The number of carbonyl (C=O) groups is 1. The summed E-state index contributed by atoms with van der Waals surface area (Å²) in [6.07, 6.45) is 5.07. The highest BCUT2D eigenvalue weighted by Crippen LogP contribution is 2.29. The molecule has 0 spiro atoms. The third-order valence-electron chi connectivity index (χ3n) is 5.54. The number of benzene rings is 1. The molecule has 1 aliphatic carbocycles. The number of thioether (sulfide) groups is 1. The zero-order valence-corrected chi connectivity index (χ0v) is 17.7. The first kappa shape index (κ1) is 18.9. The number of nitrogens with zero attached hydrogens (tertiary/aromatic N) is 3. The van der Waals surface area contributed by atoms with Crippen molar-refractivity contribution in [2.75, 3.05) is 5.75 Å². The van der Waals surface area contributed by atoms with Crippen molar-refractivity contribution in [3.63, 3.8) is 0 Å². The molecule has 0 radical (unpaired) electrons. The van der Waals surface area contributed by atoms with Crippen molar-refractivity contribution >= 4 is 17.5 Å². The van der Waals surface area contributed by atoms with Crippen molar-refractivity contribution in [3.05, 3.63) is 70.7 Å². The summed E-state index contributed by atoms with van der Waals surface area (Å²) >= 11 is 1.24. The Balaban J connectivity index is 1.33. The number of rotatable bonds is 6. The fraction of sp³-hybridized carbons (Fsp3) is 0.261. The minimum atomic E-state index is 0.0401. The van der Waals surface area contributed by atoms with Gasteiger partial charge in [-0.1, -0.05) is 17.8 Å². The largest absolute Gasteiger partial charge is 0.459 e. The second-order valence-corrected chi connectivity index (χ2v) is 8.42. The summed E-state index contributed by atoms with van der Waals surface area (Å²) in [5.74, 6) is 1.09. The number of ketones is 1. The number of carbonyl (C=O) groups excluding carboxylic acids is 1. The van der Waals surface area contributed by atoms with E-state index in [4.69, 9.17) is 8.83 Å². The molecule has 0 saturated carbocycles. The molecule has 6 nitrogen and oxygen atoms in total. The summed E-state index contributed by atoms with van der Waals surface area (Å²) in [5, 5.41) is 8.31. The molecule has 7 heteroatoms. The number of aromatic nitrogens is 3. The van der Waals surface area contributed by atoms with Crippen LogP contribution in [0.3, 0.4) is 0 Å². The molecule has 3 aromatic heterocycles. The summed E-state index contributed by atoms with van der Waals surface area (Å²) < 4.78 is 13.0. The van der Waals surface area contributed by atoms with Gasteiger partial charge < -0.3 is 13.4 Å². The lowest BCUT2D eigenvalue weighted by atomic mass is 10.1. The number of hydrogen-bond donors (Lipinski definition) is 0. The van der Waals surface area contributed by atoms with E-state index in [9.17, 15) is 4.79 Å². The second kappa shape index (κ2) is 7.65. The minimum Gasteiger partial charge on any atom is -0.459 e. The Morgan fingerprint density at radius 2 is 2.00 bits per heavy atom. The molecule has 30 heavy (non-hydrogen) atoms. The van der Waals surface area contributed by atoms with Gasteiger partial charge in [-0.05, 0) is 74.6 Å². The maximum absolute atomic E-state index is 12.9. The number of Topliss-reactive ketones (excluding diaryl/α,β-unsaturated/α-hetero) is 1. The summed E-state index contributed by atoms with van der Waals surface area (Å²) in [4.78, 5) is 12.9. The van der Waals surface area contributed by atoms with Crippen LogP contribution in [0.2, 0.25) is 0 Å². The van der Waals surface area contributed by atoms with Gasteiger partial charge in [-0.3, -0.25) is 4.79 Å². The van der Waals surface area contributed by atoms with E-state index in [0.717, 1.165) is 35.5 Å². The van der Waals surface area contributed by atoms with Crippen LogP contribution in [0.25, 0.3) is 17.3 Å². The predicted molar refractivity (Wildman–Crippen MR) is 114 cm³/mol. The Morgan fingerprint density at radius 1 is 1.13 bits per heavy atom. The van der Waals surface area contributed by atoms with Gasteiger partial charge in [-0.2, -0.15) is 0 Å². The average Bonchev–Trinajstić information content (AvgIpc) is 3.52. The maximum Gasteiger partial charge on any atom is 0.284 e. The number of fused-ring (bicyclic) bond motifs is 1. The molecular weight excluding hydrogens is 398 g/mol. The highest BCUT2D eigenvalue weighted by atomic mass is 32.2. The fourth-order valence-corrected chi connectivity index (χ4v) is 4.76. The van der Waals surface area contributed by atoms with Gasteiger partial charge in [0.25, 0.3) is 11.1 Å². The van der Waals surface area contributed by atoms with Crippen molar-refractivity contribution < 1.29 is 13.6 Å². The standard InChI is InChI=1S/C23H21N3O3S/c1-14-11-19(15(2)26(14)18-9-8-16-5-3-6-17(16)12-18)20(27)13-30-23-25-24-22(29-23)21-7-4-10-28-21/h4,7-12H,3,5-6,13H2,1-2H3. The Hall–Kier alpha value is -3.06. The first-order valence-corrected chi connectivity index (χ1v) is 10.9. The van der Waals surface area contributed by atoms with Crippen LogP contribution in [0.15, 0.2) is 56.7 Å². The van der Waals surface area contributed by atoms with E-state index in [-0.39, 0.29) is 11.5 Å². The van der Waals surface area contributed by atoms with Gasteiger partial charge >= 0.3 is 0 Å². The van der Waals surface area contributed by atoms with Gasteiger partial charge in [-0.25, -0.2) is 0 Å². The van der Waals surface area contributed by atoms with Gasteiger partial charge in [0.1, 0.15) is 0 Å². The lowest BCUT2D eigenvalue weighted by Crippen LogP contribution is -2.06. The van der Waals surface area contributed by atoms with Crippen LogP contribution < -0.4 is 0 Å². The number of furan rings is 1. The van der Waals surface area contributed by atoms with Gasteiger partial charge in [0.15, 0.2) is 11.5 Å². The van der Waals surface area contributed by atoms with E-state index in [2.05, 4.69) is 33.0 Å². The van der Waals surface area contributed by atoms with Crippen LogP contribution in [0.5, 0.6) is 0 Å². The molecule has 152 valence electrons. The monoisotopic (exact) mass is 419 g/mol. The topological polar surface area (TPSA) is 74.1 Å². The Labute approximate surface area is 178 Å². The van der Waals surface area contributed by atoms with E-state index >= 15 is 0 Å². The molecule has 3 heterocycles. The third-order valence-corrected chi connectivity index (χ3v) is 6.36. The molecule has 4 aromatic rings. The molecule has 0 N–H and O–H groups in total. The van der Waals surface area contributed by atoms with E-state index in [1.54, 1.807) is 18.4 Å². The van der Waals surface area contributed by atoms with Crippen molar-refractivity contribution in [2.45, 2.75) is 38.3 Å². The lowest BCUT2D eigenvalue weighted by molar-refractivity contribution is 0.102. The summed E-state index contributed by atoms with van der Waals surface area (Å²) in [6, 6.07) is 12.1. The second-order valence-electron chi connectivity index (χ2n) is 7.49. The van der Waals surface area contributed by atoms with E-state index in [1.807, 2.05) is 19.9 Å². The lowest BCUT2D eigenvalue weighted by Gasteiger charge is -2.12. The molecule has 5 rings (SSSR count). The third kappa shape index (κ3) is 3.39. The summed E-state index contributed by atoms with van der Waals surface area (Å²) in [6.45, 7) is 4.04. The normalized spacial score (nSPS) is 13.0. The molecule has 0 unspecified atom stereocenters. The Kier molecular flexibility index (Phi) is 4.83. The Bertz CT molecular complexity index is 1220. The molecule has 0 saturated heterocycles. The van der Waals surface area contributed by atoms with Crippen molar-refractivity contribution in [1.82, 2.24) is 14.8 Å². The molecular formula is C23H21N3O3S. The molecule has 1 aromatic carbocycles. The van der Waals surface area contributed by atoms with Crippen molar-refractivity contribution in [3.8, 4) is 17.3 Å². The van der Waals surface area contributed by atoms with Gasteiger partial charge in [0, 0.05) is 22.6 Å². The van der Waals surface area contributed by atoms with Crippen LogP contribution in [0.4, 0.5) is 0 Å². The Morgan fingerprint density at radius 3 is 2.83 bits per heavy atom. The summed E-state index contributed by atoms with van der Waals surface area (Å²) in [7, 11) is 0. The summed E-state index contributed by atoms with van der Waals surface area (Å²) in [5.41, 5.74) is 6.73. The highest BCUT2D eigenvalue weighted by Gasteiger charge is 2.20. The van der Waals surface area contributed by atoms with Crippen LogP contribution in [-0.4, -0.2) is 26.3 Å². The minimum absolute atomic E-state index is 0.0401. The van der Waals surface area contributed by atoms with Crippen LogP contribution in [-0.2, 0) is 12.8 Å². The fourth-order valence-electron chi connectivity index (χ4n) is 4.11. The number of hydrogen-bond acceptors (Lipinski definition) is 6. The van der Waals surface area contributed by atoms with Gasteiger partial charge in [0.05, 0.1) is 12.0 Å². The van der Waals surface area contributed by atoms with Gasteiger partial charge in [-0.15, -0.1) is 10.2 Å². The first-order valence-electron chi connectivity index (χ1n) is 9.94. The molecule has 0 amide bonds. The first-order chi connectivity index (χ1) is 14.6. The zero-order chi connectivity index (χ0) is 20.7. The maximum atomic E-state index is 12.9. The average molecular weight is 420 g/mol. The quantitative estimate of drug-likeness (QED) is 0.316. The van der Waals surface area contributed by atoms with Crippen LogP contribution >= 0.6 is 11.8 Å².